The third kappa shape index (κ3) is 2.03. The summed E-state index contributed by atoms with van der Waals surface area (Å²) < 4.78 is 25.3. The zero-order chi connectivity index (χ0) is 14.2. The first-order valence-corrected chi connectivity index (χ1v) is 5.43. The molecule has 19 heavy (non-hydrogen) atoms. The van der Waals surface area contributed by atoms with E-state index in [4.69, 9.17) is 15.2 Å². The van der Waals surface area contributed by atoms with Crippen molar-refractivity contribution in [1.82, 2.24) is 9.78 Å². The highest BCUT2D eigenvalue weighted by molar-refractivity contribution is 5.78. The minimum atomic E-state index is -0.822. The van der Waals surface area contributed by atoms with E-state index in [1.165, 1.54) is 25.0 Å². The lowest BCUT2D eigenvalue weighted by Gasteiger charge is -2.13. The van der Waals surface area contributed by atoms with Crippen LogP contribution in [0.5, 0.6) is 17.2 Å². The fourth-order valence-corrected chi connectivity index (χ4v) is 1.79. The molecule has 0 atom stereocenters. The van der Waals surface area contributed by atoms with Gasteiger partial charge in [0.05, 0.1) is 19.8 Å². The molecule has 0 saturated carbocycles. The number of ether oxygens (including phenoxy) is 2. The smallest absolute Gasteiger partial charge is 0.174 e. The molecule has 2 aromatic rings. The van der Waals surface area contributed by atoms with Gasteiger partial charge in [0.1, 0.15) is 11.5 Å². The van der Waals surface area contributed by atoms with Gasteiger partial charge in [-0.05, 0) is 0 Å². The molecule has 2 rings (SSSR count). The number of nitrogen functional groups attached to an aromatic ring is 1. The molecule has 6 nitrogen and oxygen atoms in total. The molecule has 3 N–H and O–H groups in total. The van der Waals surface area contributed by atoms with Gasteiger partial charge >= 0.3 is 0 Å². The van der Waals surface area contributed by atoms with Crippen LogP contribution in [0.15, 0.2) is 12.1 Å². The number of nitrogens with zero attached hydrogens (tertiary/aromatic N) is 2. The number of hydrogen-bond acceptors (Lipinski definition) is 5. The third-order valence-electron chi connectivity index (χ3n) is 2.77. The molecule has 7 heteroatoms. The third-order valence-corrected chi connectivity index (χ3v) is 2.77. The van der Waals surface area contributed by atoms with Crippen LogP contribution in [-0.2, 0) is 7.05 Å². The molecule has 0 saturated heterocycles. The summed E-state index contributed by atoms with van der Waals surface area (Å²) in [5.41, 5.74) is 6.08. The maximum atomic E-state index is 13.7. The average Bonchev–Trinajstić information content (AvgIpc) is 2.71. The summed E-state index contributed by atoms with van der Waals surface area (Å²) in [6.07, 6.45) is 0. The van der Waals surface area contributed by atoms with Crippen molar-refractivity contribution >= 4 is 5.82 Å². The predicted molar refractivity (Wildman–Crippen MR) is 67.8 cm³/mol. The summed E-state index contributed by atoms with van der Waals surface area (Å²) >= 11 is 0. The number of aromatic nitrogens is 2. The number of aromatic hydroxyl groups is 1. The predicted octanol–water partition coefficient (Wildman–Crippen LogP) is 1.53. The molecule has 0 spiro atoms. The number of nitrogens with two attached hydrogens (primary N) is 1. The number of halogens is 1. The zero-order valence-corrected chi connectivity index (χ0v) is 10.8. The van der Waals surface area contributed by atoms with Crippen molar-refractivity contribution in [3.8, 4) is 28.5 Å². The quantitative estimate of drug-likeness (QED) is 0.881. The van der Waals surface area contributed by atoms with E-state index in [9.17, 15) is 9.50 Å². The van der Waals surface area contributed by atoms with E-state index in [-0.39, 0.29) is 17.1 Å². The van der Waals surface area contributed by atoms with Gasteiger partial charge in [-0.25, -0.2) is 4.39 Å². The van der Waals surface area contributed by atoms with Gasteiger partial charge in [-0.1, -0.05) is 0 Å². The van der Waals surface area contributed by atoms with Crippen LogP contribution in [-0.4, -0.2) is 29.1 Å². The highest BCUT2D eigenvalue weighted by Crippen LogP contribution is 2.45. The van der Waals surface area contributed by atoms with Gasteiger partial charge in [0.25, 0.3) is 0 Å². The van der Waals surface area contributed by atoms with E-state index >= 15 is 0 Å². The van der Waals surface area contributed by atoms with Crippen molar-refractivity contribution in [2.24, 2.45) is 7.05 Å². The van der Waals surface area contributed by atoms with Crippen LogP contribution in [0.1, 0.15) is 0 Å². The molecule has 1 aromatic heterocycles. The fraction of sp³-hybridized carbons (Fsp3) is 0.250. The molecule has 1 heterocycles. The number of aryl methyl sites for hydroxylation is 1. The number of anilines is 1. The van der Waals surface area contributed by atoms with Crippen LogP contribution in [0.25, 0.3) is 11.3 Å². The first-order valence-electron chi connectivity index (χ1n) is 5.43. The Kier molecular flexibility index (Phi) is 3.20. The minimum Gasteiger partial charge on any atom is -0.504 e. The van der Waals surface area contributed by atoms with Crippen LogP contribution in [0.4, 0.5) is 10.2 Å². The van der Waals surface area contributed by atoms with Crippen LogP contribution in [0, 0.1) is 5.82 Å². The Labute approximate surface area is 109 Å². The molecular weight excluding hydrogens is 253 g/mol. The Morgan fingerprint density at radius 3 is 2.47 bits per heavy atom. The standard InChI is InChI=1S/C12H14FN3O3/c1-16-9(14)5-7(15-16)10-11(17)6(13)4-8(18-2)12(10)19-3/h4-5,17H,14H2,1-3H3. The zero-order valence-electron chi connectivity index (χ0n) is 10.8. The Bertz CT molecular complexity index is 606. The lowest BCUT2D eigenvalue weighted by Crippen LogP contribution is -1.98. The van der Waals surface area contributed by atoms with Crippen LogP contribution in [0.3, 0.4) is 0 Å². The van der Waals surface area contributed by atoms with Crippen molar-refractivity contribution in [2.75, 3.05) is 20.0 Å². The Morgan fingerprint density at radius 1 is 1.32 bits per heavy atom. The number of phenols is 1. The number of hydrogen-bond donors (Lipinski definition) is 2. The molecule has 0 aliphatic rings. The van der Waals surface area contributed by atoms with Gasteiger partial charge in [0.15, 0.2) is 23.1 Å². The molecule has 0 amide bonds. The van der Waals surface area contributed by atoms with E-state index in [1.807, 2.05) is 0 Å². The van der Waals surface area contributed by atoms with Crippen LogP contribution < -0.4 is 15.2 Å². The Hall–Kier alpha value is -2.44. The second kappa shape index (κ2) is 4.68. The van der Waals surface area contributed by atoms with E-state index in [1.54, 1.807) is 7.05 Å². The fourth-order valence-electron chi connectivity index (χ4n) is 1.79. The van der Waals surface area contributed by atoms with Crippen molar-refractivity contribution < 1.29 is 19.0 Å². The van der Waals surface area contributed by atoms with E-state index in [2.05, 4.69) is 5.10 Å². The largest absolute Gasteiger partial charge is 0.504 e. The summed E-state index contributed by atoms with van der Waals surface area (Å²) in [7, 11) is 4.41. The molecule has 0 radical (unpaired) electrons. The van der Waals surface area contributed by atoms with E-state index < -0.39 is 11.6 Å². The maximum Gasteiger partial charge on any atom is 0.174 e. The summed E-state index contributed by atoms with van der Waals surface area (Å²) in [5, 5.41) is 14.0. The number of phenolic OH excluding ortho intramolecular Hbond substituents is 1. The highest BCUT2D eigenvalue weighted by Gasteiger charge is 2.23. The second-order valence-corrected chi connectivity index (χ2v) is 3.90. The van der Waals surface area contributed by atoms with E-state index in [0.29, 0.717) is 11.5 Å². The van der Waals surface area contributed by atoms with Crippen molar-refractivity contribution in [3.63, 3.8) is 0 Å². The lowest BCUT2D eigenvalue weighted by atomic mass is 10.1. The van der Waals surface area contributed by atoms with Gasteiger partial charge in [-0.15, -0.1) is 0 Å². The number of benzene rings is 1. The SMILES string of the molecule is COc1cc(F)c(O)c(-c2cc(N)n(C)n2)c1OC. The van der Waals surface area contributed by atoms with Crippen molar-refractivity contribution in [3.05, 3.63) is 17.9 Å². The van der Waals surface area contributed by atoms with Crippen LogP contribution in [0.2, 0.25) is 0 Å². The minimum absolute atomic E-state index is 0.103. The second-order valence-electron chi connectivity index (χ2n) is 3.90. The molecule has 0 aliphatic heterocycles. The molecule has 0 fully saturated rings. The molecule has 0 unspecified atom stereocenters. The summed E-state index contributed by atoms with van der Waals surface area (Å²) in [6, 6.07) is 2.56. The van der Waals surface area contributed by atoms with Crippen molar-refractivity contribution in [2.45, 2.75) is 0 Å². The molecule has 0 bridgehead atoms. The topological polar surface area (TPSA) is 82.5 Å². The number of methoxy groups -OCH3 is 2. The first-order chi connectivity index (χ1) is 8.99. The van der Waals surface area contributed by atoms with Gasteiger partial charge in [0, 0.05) is 19.2 Å². The Balaban J connectivity index is 2.76. The van der Waals surface area contributed by atoms with Crippen molar-refractivity contribution in [1.29, 1.82) is 0 Å². The van der Waals surface area contributed by atoms with Gasteiger partial charge < -0.3 is 20.3 Å². The monoisotopic (exact) mass is 267 g/mol. The normalized spacial score (nSPS) is 10.5. The molecule has 0 aliphatic carbocycles. The number of rotatable bonds is 3. The summed E-state index contributed by atoms with van der Waals surface area (Å²) in [6.45, 7) is 0. The van der Waals surface area contributed by atoms with Gasteiger partial charge in [-0.2, -0.15) is 5.10 Å². The van der Waals surface area contributed by atoms with Crippen LogP contribution >= 0.6 is 0 Å². The average molecular weight is 267 g/mol. The summed E-state index contributed by atoms with van der Waals surface area (Å²) in [4.78, 5) is 0. The lowest BCUT2D eigenvalue weighted by molar-refractivity contribution is 0.346. The molecule has 1 aromatic carbocycles. The summed E-state index contributed by atoms with van der Waals surface area (Å²) in [5.74, 6) is -0.649. The first kappa shape index (κ1) is 13.0. The molecular formula is C12H14FN3O3. The van der Waals surface area contributed by atoms with E-state index in [0.717, 1.165) is 6.07 Å². The Morgan fingerprint density at radius 2 is 2.00 bits per heavy atom. The van der Waals surface area contributed by atoms with Gasteiger partial charge in [0.2, 0.25) is 0 Å². The van der Waals surface area contributed by atoms with Gasteiger partial charge in [-0.3, -0.25) is 4.68 Å². The maximum absolute atomic E-state index is 13.7. The highest BCUT2D eigenvalue weighted by atomic mass is 19.1. The molecule has 102 valence electrons.